The van der Waals surface area contributed by atoms with E-state index in [1.807, 2.05) is 0 Å². The highest BCUT2D eigenvalue weighted by atomic mass is 16.4. The number of amides is 2. The molecule has 2 saturated carbocycles. The molecule has 0 aromatic rings. The van der Waals surface area contributed by atoms with Gasteiger partial charge in [-0.2, -0.15) is 0 Å². The Hall–Kier alpha value is -1.26. The van der Waals surface area contributed by atoms with Gasteiger partial charge in [0.2, 0.25) is 0 Å². The van der Waals surface area contributed by atoms with Crippen LogP contribution in [0.5, 0.6) is 0 Å². The van der Waals surface area contributed by atoms with Crippen molar-refractivity contribution in [3.05, 3.63) is 0 Å². The minimum absolute atomic E-state index is 0.0762. The van der Waals surface area contributed by atoms with Gasteiger partial charge in [-0.1, -0.05) is 32.6 Å². The van der Waals surface area contributed by atoms with Gasteiger partial charge < -0.3 is 15.7 Å². The molecule has 5 nitrogen and oxygen atoms in total. The van der Waals surface area contributed by atoms with Gasteiger partial charge in [0.1, 0.15) is 0 Å². The van der Waals surface area contributed by atoms with Gasteiger partial charge in [0, 0.05) is 12.6 Å². The lowest BCUT2D eigenvalue weighted by atomic mass is 9.79. The lowest BCUT2D eigenvalue weighted by molar-refractivity contribution is -0.144. The van der Waals surface area contributed by atoms with Crippen LogP contribution in [-0.2, 0) is 4.79 Å². The SMILES string of the molecule is CC1CCCC(NC(=O)NCC2CCCCC2C(=O)O)C1. The van der Waals surface area contributed by atoms with Gasteiger partial charge in [-0.25, -0.2) is 4.79 Å². The number of hydrogen-bond donors (Lipinski definition) is 3. The average molecular weight is 296 g/mol. The Balaban J connectivity index is 1.73. The first-order valence-electron chi connectivity index (χ1n) is 8.33. The summed E-state index contributed by atoms with van der Waals surface area (Å²) in [6, 6.07) is 0.138. The van der Waals surface area contributed by atoms with Gasteiger partial charge >= 0.3 is 12.0 Å². The minimum atomic E-state index is -0.719. The molecule has 3 N–H and O–H groups in total. The Bertz CT molecular complexity index is 373. The molecule has 2 rings (SSSR count). The summed E-state index contributed by atoms with van der Waals surface area (Å²) < 4.78 is 0. The molecule has 5 heteroatoms. The summed E-state index contributed by atoms with van der Waals surface area (Å²) in [6.07, 6.45) is 8.23. The van der Waals surface area contributed by atoms with Gasteiger partial charge in [0.15, 0.2) is 0 Å². The Labute approximate surface area is 126 Å². The molecule has 4 atom stereocenters. The van der Waals surface area contributed by atoms with Crippen molar-refractivity contribution in [1.82, 2.24) is 10.6 Å². The zero-order valence-electron chi connectivity index (χ0n) is 12.9. The maximum absolute atomic E-state index is 12.0. The number of nitrogens with one attached hydrogen (secondary N) is 2. The Kier molecular flexibility index (Phi) is 5.88. The van der Waals surface area contributed by atoms with Crippen LogP contribution in [0, 0.1) is 17.8 Å². The highest BCUT2D eigenvalue weighted by Crippen LogP contribution is 2.29. The van der Waals surface area contributed by atoms with E-state index in [2.05, 4.69) is 17.6 Å². The fraction of sp³-hybridized carbons (Fsp3) is 0.875. The first-order chi connectivity index (χ1) is 10.1. The number of hydrogen-bond acceptors (Lipinski definition) is 2. The maximum Gasteiger partial charge on any atom is 0.315 e. The second kappa shape index (κ2) is 7.66. The molecule has 0 aromatic heterocycles. The molecule has 0 heterocycles. The molecule has 0 spiro atoms. The van der Waals surface area contributed by atoms with Gasteiger partial charge in [0.25, 0.3) is 0 Å². The van der Waals surface area contributed by atoms with Crippen LogP contribution in [-0.4, -0.2) is 29.7 Å². The molecule has 2 aliphatic carbocycles. The van der Waals surface area contributed by atoms with Crippen LogP contribution in [0.25, 0.3) is 0 Å². The summed E-state index contributed by atoms with van der Waals surface area (Å²) in [6.45, 7) is 2.70. The topological polar surface area (TPSA) is 78.4 Å². The summed E-state index contributed by atoms with van der Waals surface area (Å²) in [4.78, 5) is 23.2. The predicted molar refractivity (Wildman–Crippen MR) is 81.0 cm³/mol. The molecule has 0 aliphatic heterocycles. The zero-order chi connectivity index (χ0) is 15.2. The monoisotopic (exact) mass is 296 g/mol. The van der Waals surface area contributed by atoms with Gasteiger partial charge in [-0.05, 0) is 37.5 Å². The van der Waals surface area contributed by atoms with Crippen molar-refractivity contribution in [1.29, 1.82) is 0 Å². The van der Waals surface area contributed by atoms with Crippen LogP contribution in [0.1, 0.15) is 58.3 Å². The molecule has 0 saturated heterocycles. The number of urea groups is 1. The number of rotatable bonds is 4. The van der Waals surface area contributed by atoms with Crippen molar-refractivity contribution in [3.63, 3.8) is 0 Å². The number of aliphatic carboxylic acids is 1. The first-order valence-corrected chi connectivity index (χ1v) is 8.33. The first kappa shape index (κ1) is 16.1. The Morgan fingerprint density at radius 3 is 2.57 bits per heavy atom. The third-order valence-corrected chi connectivity index (χ3v) is 5.02. The number of carboxylic acid groups (broad SMARTS) is 1. The van der Waals surface area contributed by atoms with E-state index in [0.29, 0.717) is 12.5 Å². The van der Waals surface area contributed by atoms with Crippen molar-refractivity contribution >= 4 is 12.0 Å². The average Bonchev–Trinajstić information content (AvgIpc) is 2.45. The van der Waals surface area contributed by atoms with Crippen LogP contribution >= 0.6 is 0 Å². The molecule has 0 aromatic carbocycles. The third-order valence-electron chi connectivity index (χ3n) is 5.02. The van der Waals surface area contributed by atoms with E-state index in [1.165, 1.54) is 12.8 Å². The highest BCUT2D eigenvalue weighted by Gasteiger charge is 2.31. The van der Waals surface area contributed by atoms with E-state index in [1.54, 1.807) is 0 Å². The summed E-state index contributed by atoms with van der Waals surface area (Å²) in [5, 5.41) is 15.2. The summed E-state index contributed by atoms with van der Waals surface area (Å²) in [7, 11) is 0. The van der Waals surface area contributed by atoms with Crippen molar-refractivity contribution in [3.8, 4) is 0 Å². The van der Waals surface area contributed by atoms with Gasteiger partial charge in [-0.3, -0.25) is 4.79 Å². The van der Waals surface area contributed by atoms with E-state index in [9.17, 15) is 14.7 Å². The lowest BCUT2D eigenvalue weighted by Gasteiger charge is -2.30. The molecule has 4 unspecified atom stereocenters. The molecule has 2 aliphatic rings. The van der Waals surface area contributed by atoms with Crippen LogP contribution < -0.4 is 10.6 Å². The normalized spacial score (nSPS) is 33.2. The van der Waals surface area contributed by atoms with E-state index in [4.69, 9.17) is 0 Å². The van der Waals surface area contributed by atoms with E-state index < -0.39 is 5.97 Å². The molecular formula is C16H28N2O3. The number of carbonyl (C=O) groups excluding carboxylic acids is 1. The molecule has 2 fully saturated rings. The van der Waals surface area contributed by atoms with Crippen LogP contribution in [0.4, 0.5) is 4.79 Å². The smallest absolute Gasteiger partial charge is 0.315 e. The van der Waals surface area contributed by atoms with Gasteiger partial charge in [-0.15, -0.1) is 0 Å². The largest absolute Gasteiger partial charge is 0.481 e. The molecule has 0 radical (unpaired) electrons. The van der Waals surface area contributed by atoms with Crippen LogP contribution in [0.3, 0.4) is 0 Å². The Morgan fingerprint density at radius 2 is 1.86 bits per heavy atom. The van der Waals surface area contributed by atoms with E-state index >= 15 is 0 Å². The highest BCUT2D eigenvalue weighted by molar-refractivity contribution is 5.74. The number of carboxylic acids is 1. The summed E-state index contributed by atoms with van der Waals surface area (Å²) >= 11 is 0. The third kappa shape index (κ3) is 4.90. The van der Waals surface area contributed by atoms with E-state index in [-0.39, 0.29) is 23.9 Å². The van der Waals surface area contributed by atoms with Crippen LogP contribution in [0.2, 0.25) is 0 Å². The molecule has 120 valence electrons. The van der Waals surface area contributed by atoms with Crippen molar-refractivity contribution in [2.75, 3.05) is 6.54 Å². The van der Waals surface area contributed by atoms with E-state index in [0.717, 1.165) is 38.5 Å². The molecule has 0 bridgehead atoms. The quantitative estimate of drug-likeness (QED) is 0.746. The van der Waals surface area contributed by atoms with Crippen molar-refractivity contribution in [2.45, 2.75) is 64.3 Å². The van der Waals surface area contributed by atoms with Crippen LogP contribution in [0.15, 0.2) is 0 Å². The Morgan fingerprint density at radius 1 is 1.10 bits per heavy atom. The predicted octanol–water partition coefficient (Wildman–Crippen LogP) is 2.76. The molecule has 21 heavy (non-hydrogen) atoms. The maximum atomic E-state index is 12.0. The minimum Gasteiger partial charge on any atom is -0.481 e. The molecular weight excluding hydrogens is 268 g/mol. The van der Waals surface area contributed by atoms with Crippen molar-refractivity contribution in [2.24, 2.45) is 17.8 Å². The van der Waals surface area contributed by atoms with Crippen molar-refractivity contribution < 1.29 is 14.7 Å². The fourth-order valence-corrected chi connectivity index (χ4v) is 3.80. The second-order valence-electron chi connectivity index (χ2n) is 6.81. The zero-order valence-corrected chi connectivity index (χ0v) is 12.9. The summed E-state index contributed by atoms with van der Waals surface area (Å²) in [5.74, 6) is -0.261. The number of carbonyl (C=O) groups is 2. The fourth-order valence-electron chi connectivity index (χ4n) is 3.80. The standard InChI is InChI=1S/C16H28N2O3/c1-11-5-4-7-13(9-11)18-16(21)17-10-12-6-2-3-8-14(12)15(19)20/h11-14H,2-10H2,1H3,(H,19,20)(H2,17,18,21). The van der Waals surface area contributed by atoms with Gasteiger partial charge in [0.05, 0.1) is 5.92 Å². The lowest BCUT2D eigenvalue weighted by Crippen LogP contribution is -2.46. The second-order valence-corrected chi connectivity index (χ2v) is 6.81. The molecule has 2 amide bonds. The summed E-state index contributed by atoms with van der Waals surface area (Å²) in [5.41, 5.74) is 0.